The molecule has 0 radical (unpaired) electrons. The van der Waals surface area contributed by atoms with Crippen LogP contribution in [0, 0.1) is 0 Å². The van der Waals surface area contributed by atoms with E-state index in [1.807, 2.05) is 0 Å². The van der Waals surface area contributed by atoms with E-state index in [1.54, 1.807) is 6.92 Å². The van der Waals surface area contributed by atoms with Crippen LogP contribution in [-0.2, 0) is 11.2 Å². The molecule has 18 heavy (non-hydrogen) atoms. The normalized spacial score (nSPS) is 12.5. The molecule has 1 N–H and O–H groups in total. The van der Waals surface area contributed by atoms with Gasteiger partial charge in [0.2, 0.25) is 0 Å². The van der Waals surface area contributed by atoms with Crippen molar-refractivity contribution in [2.75, 3.05) is 0 Å². The van der Waals surface area contributed by atoms with Crippen molar-refractivity contribution in [1.29, 1.82) is 0 Å². The van der Waals surface area contributed by atoms with Crippen LogP contribution in [0.15, 0.2) is 18.2 Å². The van der Waals surface area contributed by atoms with Gasteiger partial charge in [0.15, 0.2) is 5.78 Å². The molecule has 1 rings (SSSR count). The number of carboxylic acid groups (broad SMARTS) is 1. The van der Waals surface area contributed by atoms with Crippen LogP contribution in [0.5, 0.6) is 0 Å². The van der Waals surface area contributed by atoms with Gasteiger partial charge >= 0.3 is 5.97 Å². The van der Waals surface area contributed by atoms with Gasteiger partial charge in [-0.2, -0.15) is 0 Å². The molecule has 0 saturated carbocycles. The van der Waals surface area contributed by atoms with E-state index >= 15 is 0 Å². The predicted octanol–water partition coefficient (Wildman–Crippen LogP) is 3.22. The molecule has 98 valence electrons. The van der Waals surface area contributed by atoms with Crippen molar-refractivity contribution in [2.24, 2.45) is 0 Å². The zero-order valence-corrected chi connectivity index (χ0v) is 11.1. The Morgan fingerprint density at radius 3 is 2.44 bits per heavy atom. The lowest BCUT2D eigenvalue weighted by Crippen LogP contribution is -2.15. The number of Topliss-reactive ketones (excluding diaryl/α,β-unsaturated/α-hetero) is 1. The van der Waals surface area contributed by atoms with Crippen LogP contribution in [0.2, 0.25) is 0 Å². The summed E-state index contributed by atoms with van der Waals surface area (Å²) in [6.45, 7) is 1.56. The third kappa shape index (κ3) is 3.60. The number of carboxylic acids is 1. The Morgan fingerprint density at radius 1 is 1.39 bits per heavy atom. The Kier molecular flexibility index (Phi) is 4.95. The highest BCUT2D eigenvalue weighted by molar-refractivity contribution is 9.10. The monoisotopic (exact) mass is 320 g/mol. The van der Waals surface area contributed by atoms with Crippen molar-refractivity contribution >= 4 is 27.7 Å². The Morgan fingerprint density at radius 2 is 2.00 bits per heavy atom. The fourth-order valence-electron chi connectivity index (χ4n) is 1.49. The van der Waals surface area contributed by atoms with Crippen molar-refractivity contribution in [1.82, 2.24) is 0 Å². The summed E-state index contributed by atoms with van der Waals surface area (Å²) in [4.78, 5) is 21.9. The summed E-state index contributed by atoms with van der Waals surface area (Å²) < 4.78 is 25.1. The quantitative estimate of drug-likeness (QED) is 0.669. The second-order valence-electron chi connectivity index (χ2n) is 3.77. The molecular weight excluding hydrogens is 310 g/mol. The van der Waals surface area contributed by atoms with Crippen LogP contribution in [0.25, 0.3) is 0 Å². The van der Waals surface area contributed by atoms with E-state index in [1.165, 1.54) is 6.07 Å². The van der Waals surface area contributed by atoms with Gasteiger partial charge in [0.05, 0.1) is 11.2 Å². The molecule has 0 bridgehead atoms. The van der Waals surface area contributed by atoms with Crippen molar-refractivity contribution in [2.45, 2.75) is 24.6 Å². The maximum absolute atomic E-state index is 12.6. The third-order valence-corrected chi connectivity index (χ3v) is 2.77. The average Bonchev–Trinajstić information content (AvgIpc) is 2.27. The first-order chi connectivity index (χ1) is 8.32. The van der Waals surface area contributed by atoms with Gasteiger partial charge in [0.1, 0.15) is 0 Å². The number of carbonyl (C=O) groups excluding carboxylic acids is 1. The first kappa shape index (κ1) is 14.8. The van der Waals surface area contributed by atoms with Gasteiger partial charge in [-0.05, 0) is 18.6 Å². The number of alkyl halides is 3. The van der Waals surface area contributed by atoms with Gasteiger partial charge < -0.3 is 5.11 Å². The van der Waals surface area contributed by atoms with Crippen molar-refractivity contribution in [3.05, 3.63) is 34.9 Å². The van der Waals surface area contributed by atoms with Gasteiger partial charge in [-0.3, -0.25) is 9.59 Å². The fourth-order valence-corrected chi connectivity index (χ4v) is 1.74. The molecule has 0 amide bonds. The van der Waals surface area contributed by atoms with Crippen LogP contribution in [0.1, 0.15) is 34.8 Å². The molecule has 0 aliphatic rings. The van der Waals surface area contributed by atoms with Crippen molar-refractivity contribution < 1.29 is 23.5 Å². The summed E-state index contributed by atoms with van der Waals surface area (Å²) in [6, 6.07) is 3.46. The molecule has 0 spiro atoms. The van der Waals surface area contributed by atoms with Gasteiger partial charge in [-0.1, -0.05) is 28.1 Å². The molecule has 0 heterocycles. The highest BCUT2D eigenvalue weighted by Crippen LogP contribution is 2.24. The Balaban J connectivity index is 3.26. The predicted molar refractivity (Wildman–Crippen MR) is 65.5 cm³/mol. The Hall–Kier alpha value is -1.30. The van der Waals surface area contributed by atoms with Crippen molar-refractivity contribution in [3.8, 4) is 0 Å². The molecule has 0 aromatic heterocycles. The molecule has 1 atom stereocenters. The lowest BCUT2D eigenvalue weighted by atomic mass is 9.97. The number of ketones is 1. The van der Waals surface area contributed by atoms with E-state index in [0.29, 0.717) is 0 Å². The third-order valence-electron chi connectivity index (χ3n) is 2.35. The van der Waals surface area contributed by atoms with E-state index < -0.39 is 23.0 Å². The number of rotatable bonds is 5. The SMILES string of the molecule is CC(Br)C(=O)c1cc(C(F)F)ccc1CC(=O)O. The summed E-state index contributed by atoms with van der Waals surface area (Å²) in [7, 11) is 0. The summed E-state index contributed by atoms with van der Waals surface area (Å²) >= 11 is 3.05. The number of benzene rings is 1. The summed E-state index contributed by atoms with van der Waals surface area (Å²) in [6.07, 6.45) is -3.06. The molecule has 1 aromatic rings. The fraction of sp³-hybridized carbons (Fsp3) is 0.333. The number of carbonyl (C=O) groups is 2. The largest absolute Gasteiger partial charge is 0.481 e. The standard InChI is InChI=1S/C12H11BrF2O3/c1-6(13)11(18)9-4-8(12(14)15)3-2-7(9)5-10(16)17/h2-4,6,12H,5H2,1H3,(H,16,17). The highest BCUT2D eigenvalue weighted by Gasteiger charge is 2.20. The smallest absolute Gasteiger partial charge is 0.307 e. The minimum atomic E-state index is -2.69. The van der Waals surface area contributed by atoms with Crippen LogP contribution in [0.4, 0.5) is 8.78 Å². The molecule has 0 saturated heterocycles. The zero-order valence-electron chi connectivity index (χ0n) is 9.49. The topological polar surface area (TPSA) is 54.4 Å². The minimum absolute atomic E-state index is 0.0274. The van der Waals surface area contributed by atoms with Crippen LogP contribution >= 0.6 is 15.9 Å². The van der Waals surface area contributed by atoms with Crippen LogP contribution in [-0.4, -0.2) is 21.7 Å². The molecule has 1 unspecified atom stereocenters. The summed E-state index contributed by atoms with van der Waals surface area (Å²) in [5, 5.41) is 8.72. The first-order valence-electron chi connectivity index (χ1n) is 5.14. The maximum atomic E-state index is 12.6. The number of hydrogen-bond donors (Lipinski definition) is 1. The molecule has 0 fully saturated rings. The molecule has 1 aromatic carbocycles. The van der Waals surface area contributed by atoms with Gasteiger partial charge in [0, 0.05) is 11.1 Å². The Bertz CT molecular complexity index is 472. The van der Waals surface area contributed by atoms with Gasteiger partial charge in [-0.15, -0.1) is 0 Å². The highest BCUT2D eigenvalue weighted by atomic mass is 79.9. The van der Waals surface area contributed by atoms with E-state index in [4.69, 9.17) is 5.11 Å². The molecule has 6 heteroatoms. The molecular formula is C12H11BrF2O3. The molecule has 3 nitrogen and oxygen atoms in total. The number of aliphatic carboxylic acids is 1. The van der Waals surface area contributed by atoms with E-state index in [-0.39, 0.29) is 23.1 Å². The maximum Gasteiger partial charge on any atom is 0.307 e. The average molecular weight is 321 g/mol. The minimum Gasteiger partial charge on any atom is -0.481 e. The van der Waals surface area contributed by atoms with Crippen LogP contribution < -0.4 is 0 Å². The lowest BCUT2D eigenvalue weighted by Gasteiger charge is -2.10. The van der Waals surface area contributed by atoms with E-state index in [0.717, 1.165) is 12.1 Å². The zero-order chi connectivity index (χ0) is 13.9. The number of halogens is 3. The second-order valence-corrected chi connectivity index (χ2v) is 5.14. The molecule has 0 aliphatic heterocycles. The lowest BCUT2D eigenvalue weighted by molar-refractivity contribution is -0.136. The van der Waals surface area contributed by atoms with E-state index in [9.17, 15) is 18.4 Å². The van der Waals surface area contributed by atoms with Crippen LogP contribution in [0.3, 0.4) is 0 Å². The molecule has 0 aliphatic carbocycles. The van der Waals surface area contributed by atoms with Crippen molar-refractivity contribution in [3.63, 3.8) is 0 Å². The first-order valence-corrected chi connectivity index (χ1v) is 6.05. The second kappa shape index (κ2) is 6.04. The summed E-state index contributed by atoms with van der Waals surface area (Å²) in [5.41, 5.74) is -0.0246. The summed E-state index contributed by atoms with van der Waals surface area (Å²) in [5.74, 6) is -1.52. The van der Waals surface area contributed by atoms with Gasteiger partial charge in [-0.25, -0.2) is 8.78 Å². The Labute approximate surface area is 111 Å². The van der Waals surface area contributed by atoms with E-state index in [2.05, 4.69) is 15.9 Å². The van der Waals surface area contributed by atoms with Gasteiger partial charge in [0.25, 0.3) is 6.43 Å². The number of hydrogen-bond acceptors (Lipinski definition) is 2.